The van der Waals surface area contributed by atoms with E-state index in [1.54, 1.807) is 0 Å². The van der Waals surface area contributed by atoms with Gasteiger partial charge in [-0.3, -0.25) is 4.79 Å². The first-order valence-corrected chi connectivity index (χ1v) is 4.97. The highest BCUT2D eigenvalue weighted by Gasteiger charge is 2.43. The van der Waals surface area contributed by atoms with Crippen LogP contribution in [0.4, 0.5) is 17.6 Å². The van der Waals surface area contributed by atoms with Crippen LogP contribution in [-0.4, -0.2) is 38.1 Å². The number of rotatable bonds is 4. The summed E-state index contributed by atoms with van der Waals surface area (Å²) in [5.74, 6) is -3.46. The summed E-state index contributed by atoms with van der Waals surface area (Å²) in [6.45, 7) is 0. The third-order valence-corrected chi connectivity index (χ3v) is 2.25. The lowest BCUT2D eigenvalue weighted by Gasteiger charge is -2.10. The van der Waals surface area contributed by atoms with E-state index < -0.39 is 34.6 Å². The van der Waals surface area contributed by atoms with Crippen molar-refractivity contribution in [3.05, 3.63) is 10.7 Å². The van der Waals surface area contributed by atoms with Crippen LogP contribution in [0.2, 0.25) is 0 Å². The lowest BCUT2D eigenvalue weighted by atomic mass is 10.3. The van der Waals surface area contributed by atoms with E-state index in [9.17, 15) is 27.2 Å². The first-order valence-electron chi connectivity index (χ1n) is 3.99. The quantitative estimate of drug-likeness (QED) is 0.445. The first-order chi connectivity index (χ1) is 7.73. The van der Waals surface area contributed by atoms with Crippen LogP contribution in [0, 0.1) is 0 Å². The third-order valence-electron chi connectivity index (χ3n) is 1.41. The molecule has 0 atom stereocenters. The molecular formula is C8H8F4O4S. The van der Waals surface area contributed by atoms with Gasteiger partial charge in [0, 0.05) is 0 Å². The molecule has 0 aliphatic carbocycles. The largest absolute Gasteiger partial charge is 0.468 e. The normalized spacial score (nSPS) is 12.8. The number of halogens is 4. The molecule has 0 rings (SSSR count). The summed E-state index contributed by atoms with van der Waals surface area (Å²) in [5, 5.41) is -1.84. The van der Waals surface area contributed by atoms with Gasteiger partial charge in [0.1, 0.15) is 0 Å². The highest BCUT2D eigenvalue weighted by atomic mass is 32.2. The van der Waals surface area contributed by atoms with Gasteiger partial charge in [-0.1, -0.05) is 11.8 Å². The summed E-state index contributed by atoms with van der Waals surface area (Å²) in [6.07, 6.45) is -5.19. The molecule has 9 heteroatoms. The van der Waals surface area contributed by atoms with Gasteiger partial charge in [-0.2, -0.15) is 17.6 Å². The van der Waals surface area contributed by atoms with E-state index in [-0.39, 0.29) is 11.8 Å². The second kappa shape index (κ2) is 6.48. The van der Waals surface area contributed by atoms with E-state index in [1.807, 2.05) is 0 Å². The summed E-state index contributed by atoms with van der Waals surface area (Å²) in [7, 11) is 1.68. The smallest absolute Gasteiger partial charge is 0.426 e. The zero-order valence-electron chi connectivity index (χ0n) is 8.76. The Hall–Kier alpha value is -1.25. The van der Waals surface area contributed by atoms with Crippen LogP contribution in [0.15, 0.2) is 10.7 Å². The average Bonchev–Trinajstić information content (AvgIpc) is 2.23. The van der Waals surface area contributed by atoms with Crippen molar-refractivity contribution in [3.63, 3.8) is 0 Å². The Labute approximate surface area is 97.9 Å². The predicted octanol–water partition coefficient (Wildman–Crippen LogP) is 1.81. The lowest BCUT2D eigenvalue weighted by Crippen LogP contribution is -2.22. The van der Waals surface area contributed by atoms with Crippen LogP contribution in [0.1, 0.15) is 0 Å². The van der Waals surface area contributed by atoms with Crippen molar-refractivity contribution in [1.82, 2.24) is 0 Å². The Morgan fingerprint density at radius 1 is 1.18 bits per heavy atom. The molecule has 0 radical (unpaired) electrons. The zero-order valence-corrected chi connectivity index (χ0v) is 9.58. The summed E-state index contributed by atoms with van der Waals surface area (Å²) >= 11 is -0.0947. The maximum absolute atomic E-state index is 13.1. The van der Waals surface area contributed by atoms with Gasteiger partial charge in [0.2, 0.25) is 0 Å². The van der Waals surface area contributed by atoms with Gasteiger partial charge in [-0.25, -0.2) is 4.79 Å². The van der Waals surface area contributed by atoms with Gasteiger partial charge in [0.15, 0.2) is 10.7 Å². The van der Waals surface area contributed by atoms with Crippen LogP contribution in [0.3, 0.4) is 0 Å². The Bertz CT molecular complexity index is 337. The molecule has 0 heterocycles. The molecule has 0 saturated heterocycles. The SMILES string of the molecule is COC(=O)CSC(F)=C(C(=O)OC)C(F)(F)F. The van der Waals surface area contributed by atoms with Crippen LogP contribution in [0.25, 0.3) is 0 Å². The van der Waals surface area contributed by atoms with Crippen molar-refractivity contribution in [1.29, 1.82) is 0 Å². The molecule has 0 amide bonds. The summed E-state index contributed by atoms with van der Waals surface area (Å²) in [6, 6.07) is 0. The van der Waals surface area contributed by atoms with Crippen molar-refractivity contribution < 1.29 is 36.6 Å². The number of carbonyl (C=O) groups excluding carboxylic acids is 2. The van der Waals surface area contributed by atoms with Crippen molar-refractivity contribution in [2.24, 2.45) is 0 Å². The molecule has 0 aliphatic rings. The summed E-state index contributed by atoms with van der Waals surface area (Å²) in [4.78, 5) is 21.3. The Morgan fingerprint density at radius 2 is 1.71 bits per heavy atom. The minimum absolute atomic E-state index is 0.0947. The maximum atomic E-state index is 13.1. The van der Waals surface area contributed by atoms with Crippen molar-refractivity contribution in [2.45, 2.75) is 6.18 Å². The highest BCUT2D eigenvalue weighted by Crippen LogP contribution is 2.34. The number of esters is 2. The maximum Gasteiger partial charge on any atom is 0.426 e. The van der Waals surface area contributed by atoms with Crippen molar-refractivity contribution in [3.8, 4) is 0 Å². The number of hydrogen-bond donors (Lipinski definition) is 0. The van der Waals surface area contributed by atoms with Crippen LogP contribution in [-0.2, 0) is 19.1 Å². The molecule has 0 unspecified atom stereocenters. The minimum Gasteiger partial charge on any atom is -0.468 e. The molecule has 0 aromatic carbocycles. The molecule has 4 nitrogen and oxygen atoms in total. The number of ether oxygens (including phenoxy) is 2. The van der Waals surface area contributed by atoms with Crippen molar-refractivity contribution >= 4 is 23.7 Å². The molecule has 0 bridgehead atoms. The molecule has 0 aromatic rings. The molecule has 0 saturated carbocycles. The van der Waals surface area contributed by atoms with Crippen LogP contribution in [0.5, 0.6) is 0 Å². The van der Waals surface area contributed by atoms with Gasteiger partial charge in [0.05, 0.1) is 20.0 Å². The monoisotopic (exact) mass is 276 g/mol. The van der Waals surface area contributed by atoms with Gasteiger partial charge < -0.3 is 9.47 Å². The van der Waals surface area contributed by atoms with Gasteiger partial charge in [-0.05, 0) is 0 Å². The lowest BCUT2D eigenvalue weighted by molar-refractivity contribution is -0.148. The molecule has 0 aliphatic heterocycles. The molecular weight excluding hydrogens is 268 g/mol. The molecule has 0 spiro atoms. The zero-order chi connectivity index (χ0) is 13.6. The molecule has 0 N–H and O–H groups in total. The summed E-state index contributed by atoms with van der Waals surface area (Å²) in [5.41, 5.74) is -2.08. The number of alkyl halides is 3. The minimum atomic E-state index is -5.19. The standard InChI is InChI=1S/C8H8F4O4S/c1-15-4(13)3-17-6(9)5(7(14)16-2)8(10,11)12/h3H2,1-2H3. The second-order valence-corrected chi connectivity index (χ2v) is 3.44. The van der Waals surface area contributed by atoms with Crippen LogP contribution >= 0.6 is 11.8 Å². The van der Waals surface area contributed by atoms with Gasteiger partial charge in [-0.15, -0.1) is 0 Å². The fourth-order valence-electron chi connectivity index (χ4n) is 0.663. The fraction of sp³-hybridized carbons (Fsp3) is 0.500. The van der Waals surface area contributed by atoms with Crippen LogP contribution < -0.4 is 0 Å². The van der Waals surface area contributed by atoms with Gasteiger partial charge >= 0.3 is 18.1 Å². The van der Waals surface area contributed by atoms with E-state index in [0.29, 0.717) is 7.11 Å². The Morgan fingerprint density at radius 3 is 2.06 bits per heavy atom. The van der Waals surface area contributed by atoms with E-state index >= 15 is 0 Å². The molecule has 98 valence electrons. The highest BCUT2D eigenvalue weighted by molar-refractivity contribution is 8.03. The average molecular weight is 276 g/mol. The van der Waals surface area contributed by atoms with E-state index in [4.69, 9.17) is 0 Å². The topological polar surface area (TPSA) is 52.6 Å². The summed E-state index contributed by atoms with van der Waals surface area (Å²) < 4.78 is 57.9. The Kier molecular flexibility index (Phi) is 6.00. The number of carbonyl (C=O) groups is 2. The Balaban J connectivity index is 5.00. The predicted molar refractivity (Wildman–Crippen MR) is 50.7 cm³/mol. The van der Waals surface area contributed by atoms with E-state index in [2.05, 4.69) is 9.47 Å². The number of hydrogen-bond acceptors (Lipinski definition) is 5. The molecule has 0 aromatic heterocycles. The number of thioether (sulfide) groups is 1. The molecule has 0 fully saturated rings. The molecule has 17 heavy (non-hydrogen) atoms. The fourth-order valence-corrected chi connectivity index (χ4v) is 1.37. The van der Waals surface area contributed by atoms with Gasteiger partial charge in [0.25, 0.3) is 0 Å². The number of methoxy groups -OCH3 is 2. The first kappa shape index (κ1) is 15.8. The van der Waals surface area contributed by atoms with E-state index in [0.717, 1.165) is 7.11 Å². The van der Waals surface area contributed by atoms with Crippen molar-refractivity contribution in [2.75, 3.05) is 20.0 Å². The second-order valence-electron chi connectivity index (χ2n) is 2.50. The third kappa shape index (κ3) is 5.07. The van der Waals surface area contributed by atoms with E-state index in [1.165, 1.54) is 0 Å².